The van der Waals surface area contributed by atoms with Gasteiger partial charge in [-0.05, 0) is 38.1 Å². The Balaban J connectivity index is 3.28. The van der Waals surface area contributed by atoms with E-state index in [0.717, 1.165) is 34.0 Å². The summed E-state index contributed by atoms with van der Waals surface area (Å²) in [5.41, 5.74) is 3.30. The number of halogens is 1. The lowest BCUT2D eigenvalue weighted by Gasteiger charge is -2.14. The molecule has 1 N–H and O–H groups in total. The first-order chi connectivity index (χ1) is 6.61. The summed E-state index contributed by atoms with van der Waals surface area (Å²) in [5.74, 6) is 0.932. The van der Waals surface area contributed by atoms with Gasteiger partial charge < -0.3 is 10.1 Å². The Kier molecular flexibility index (Phi) is 3.78. The quantitative estimate of drug-likeness (QED) is 0.834. The maximum Gasteiger partial charge on any atom is 0.126 e. The van der Waals surface area contributed by atoms with E-state index in [4.69, 9.17) is 16.3 Å². The van der Waals surface area contributed by atoms with Crippen molar-refractivity contribution in [1.82, 2.24) is 5.32 Å². The van der Waals surface area contributed by atoms with E-state index in [1.54, 1.807) is 7.11 Å². The van der Waals surface area contributed by atoms with Crippen molar-refractivity contribution in [2.75, 3.05) is 14.2 Å². The molecule has 0 amide bonds. The average Bonchev–Trinajstić information content (AvgIpc) is 2.16. The van der Waals surface area contributed by atoms with Crippen molar-refractivity contribution in [3.05, 3.63) is 27.8 Å². The summed E-state index contributed by atoms with van der Waals surface area (Å²) in [5, 5.41) is 3.89. The van der Waals surface area contributed by atoms with Crippen molar-refractivity contribution in [3.8, 4) is 5.75 Å². The molecule has 78 valence electrons. The first-order valence-electron chi connectivity index (χ1n) is 4.59. The lowest BCUT2D eigenvalue weighted by atomic mass is 10.0. The largest absolute Gasteiger partial charge is 0.496 e. The number of hydrogen-bond donors (Lipinski definition) is 1. The molecule has 0 aromatic heterocycles. The smallest absolute Gasteiger partial charge is 0.126 e. The highest BCUT2D eigenvalue weighted by Crippen LogP contribution is 2.31. The minimum absolute atomic E-state index is 0.768. The van der Waals surface area contributed by atoms with E-state index in [-0.39, 0.29) is 0 Å². The second kappa shape index (κ2) is 4.67. The van der Waals surface area contributed by atoms with Gasteiger partial charge in [-0.1, -0.05) is 11.6 Å². The molecule has 2 nitrogen and oxygen atoms in total. The number of methoxy groups -OCH3 is 1. The van der Waals surface area contributed by atoms with Crippen LogP contribution < -0.4 is 10.1 Å². The molecule has 0 fully saturated rings. The van der Waals surface area contributed by atoms with Gasteiger partial charge in [-0.3, -0.25) is 0 Å². The molecule has 0 atom stereocenters. The zero-order valence-corrected chi connectivity index (χ0v) is 9.83. The molecule has 0 saturated heterocycles. The number of nitrogens with one attached hydrogen (secondary N) is 1. The summed E-state index contributed by atoms with van der Waals surface area (Å²) in [4.78, 5) is 0. The molecule has 1 aromatic carbocycles. The third-order valence-corrected chi connectivity index (χ3v) is 2.82. The minimum Gasteiger partial charge on any atom is -0.496 e. The highest BCUT2D eigenvalue weighted by molar-refractivity contribution is 6.31. The molecular formula is C11H16ClNO. The minimum atomic E-state index is 0.768. The van der Waals surface area contributed by atoms with E-state index in [9.17, 15) is 0 Å². The molecule has 1 rings (SSSR count). The van der Waals surface area contributed by atoms with Crippen LogP contribution >= 0.6 is 11.6 Å². The Labute approximate surface area is 90.2 Å². The fourth-order valence-electron chi connectivity index (χ4n) is 1.52. The Hall–Kier alpha value is -0.730. The van der Waals surface area contributed by atoms with Crippen LogP contribution in [-0.4, -0.2) is 14.2 Å². The predicted octanol–water partition coefficient (Wildman–Crippen LogP) is 2.68. The molecule has 0 aliphatic carbocycles. The van der Waals surface area contributed by atoms with Gasteiger partial charge in [0.25, 0.3) is 0 Å². The van der Waals surface area contributed by atoms with Gasteiger partial charge in [-0.25, -0.2) is 0 Å². The number of benzene rings is 1. The van der Waals surface area contributed by atoms with Crippen LogP contribution in [0, 0.1) is 13.8 Å². The Bertz CT molecular complexity index is 337. The first-order valence-corrected chi connectivity index (χ1v) is 4.96. The van der Waals surface area contributed by atoms with Crippen LogP contribution in [0.4, 0.5) is 0 Å². The zero-order valence-electron chi connectivity index (χ0n) is 9.07. The highest BCUT2D eigenvalue weighted by atomic mass is 35.5. The topological polar surface area (TPSA) is 21.3 Å². The summed E-state index contributed by atoms with van der Waals surface area (Å²) in [6.45, 7) is 4.80. The summed E-state index contributed by atoms with van der Waals surface area (Å²) in [6.07, 6.45) is 0. The fourth-order valence-corrected chi connectivity index (χ4v) is 1.80. The third kappa shape index (κ3) is 2.02. The number of ether oxygens (including phenoxy) is 1. The molecule has 0 aliphatic heterocycles. The lowest BCUT2D eigenvalue weighted by molar-refractivity contribution is 0.405. The summed E-state index contributed by atoms with van der Waals surface area (Å²) < 4.78 is 5.37. The molecule has 0 unspecified atom stereocenters. The number of rotatable bonds is 3. The molecule has 0 saturated carbocycles. The molecule has 0 aliphatic rings. The van der Waals surface area contributed by atoms with Gasteiger partial charge in [0, 0.05) is 17.1 Å². The van der Waals surface area contributed by atoms with Crippen LogP contribution in [0.1, 0.15) is 16.7 Å². The van der Waals surface area contributed by atoms with Crippen molar-refractivity contribution in [1.29, 1.82) is 0 Å². The molecule has 0 heterocycles. The van der Waals surface area contributed by atoms with Crippen LogP contribution in [0.15, 0.2) is 6.07 Å². The maximum absolute atomic E-state index is 6.10. The summed E-state index contributed by atoms with van der Waals surface area (Å²) >= 11 is 6.10. The zero-order chi connectivity index (χ0) is 10.7. The van der Waals surface area contributed by atoms with Crippen LogP contribution in [0.3, 0.4) is 0 Å². The van der Waals surface area contributed by atoms with Gasteiger partial charge in [-0.2, -0.15) is 0 Å². The number of hydrogen-bond acceptors (Lipinski definition) is 2. The summed E-state index contributed by atoms with van der Waals surface area (Å²) in [7, 11) is 3.59. The second-order valence-electron chi connectivity index (χ2n) is 3.33. The average molecular weight is 214 g/mol. The van der Waals surface area contributed by atoms with Crippen LogP contribution in [0.25, 0.3) is 0 Å². The molecule has 1 aromatic rings. The van der Waals surface area contributed by atoms with Crippen molar-refractivity contribution >= 4 is 11.6 Å². The molecule has 3 heteroatoms. The standard InChI is InChI=1S/C11H16ClNO/c1-7-8(2)11(14-4)9(6-13-3)5-10(7)12/h5,13H,6H2,1-4H3. The van der Waals surface area contributed by atoms with Crippen LogP contribution in [-0.2, 0) is 6.54 Å². The molecular weight excluding hydrogens is 198 g/mol. The van der Waals surface area contributed by atoms with E-state index in [0.29, 0.717) is 0 Å². The fraction of sp³-hybridized carbons (Fsp3) is 0.455. The van der Waals surface area contributed by atoms with E-state index >= 15 is 0 Å². The van der Waals surface area contributed by atoms with E-state index in [2.05, 4.69) is 5.32 Å². The highest BCUT2D eigenvalue weighted by Gasteiger charge is 2.11. The van der Waals surface area contributed by atoms with Crippen molar-refractivity contribution in [3.63, 3.8) is 0 Å². The van der Waals surface area contributed by atoms with Gasteiger partial charge in [0.1, 0.15) is 5.75 Å². The van der Waals surface area contributed by atoms with Crippen molar-refractivity contribution < 1.29 is 4.74 Å². The van der Waals surface area contributed by atoms with Crippen molar-refractivity contribution in [2.24, 2.45) is 0 Å². The Morgan fingerprint density at radius 3 is 2.50 bits per heavy atom. The molecule has 0 radical (unpaired) electrons. The van der Waals surface area contributed by atoms with Gasteiger partial charge in [0.05, 0.1) is 7.11 Å². The Morgan fingerprint density at radius 2 is 2.00 bits per heavy atom. The van der Waals surface area contributed by atoms with E-state index in [1.165, 1.54) is 0 Å². The van der Waals surface area contributed by atoms with Gasteiger partial charge in [0.15, 0.2) is 0 Å². The lowest BCUT2D eigenvalue weighted by Crippen LogP contribution is -2.08. The van der Waals surface area contributed by atoms with Crippen LogP contribution in [0.2, 0.25) is 5.02 Å². The van der Waals surface area contributed by atoms with Crippen LogP contribution in [0.5, 0.6) is 5.75 Å². The predicted molar refractivity (Wildman–Crippen MR) is 60.2 cm³/mol. The van der Waals surface area contributed by atoms with Crippen molar-refractivity contribution in [2.45, 2.75) is 20.4 Å². The van der Waals surface area contributed by atoms with Gasteiger partial charge >= 0.3 is 0 Å². The van der Waals surface area contributed by atoms with E-state index in [1.807, 2.05) is 27.0 Å². The Morgan fingerprint density at radius 1 is 1.36 bits per heavy atom. The van der Waals surface area contributed by atoms with Gasteiger partial charge in [0.2, 0.25) is 0 Å². The molecule has 0 spiro atoms. The molecule has 14 heavy (non-hydrogen) atoms. The molecule has 0 bridgehead atoms. The second-order valence-corrected chi connectivity index (χ2v) is 3.74. The van der Waals surface area contributed by atoms with Gasteiger partial charge in [-0.15, -0.1) is 0 Å². The maximum atomic E-state index is 6.10. The third-order valence-electron chi connectivity index (χ3n) is 2.43. The normalized spacial score (nSPS) is 10.4. The monoisotopic (exact) mass is 213 g/mol. The van der Waals surface area contributed by atoms with E-state index < -0.39 is 0 Å². The SMILES string of the molecule is CNCc1cc(Cl)c(C)c(C)c1OC. The first kappa shape index (κ1) is 11.3. The summed E-state index contributed by atoms with van der Waals surface area (Å²) in [6, 6.07) is 1.96.